The van der Waals surface area contributed by atoms with E-state index in [1.54, 1.807) is 0 Å². The lowest BCUT2D eigenvalue weighted by molar-refractivity contribution is 0.371. The normalized spacial score (nSPS) is 16.3. The van der Waals surface area contributed by atoms with Gasteiger partial charge in [-0.1, -0.05) is 57.4 Å². The number of hydrogen-bond donors (Lipinski definition) is 2. The summed E-state index contributed by atoms with van der Waals surface area (Å²) in [5.41, 5.74) is 2.85. The van der Waals surface area contributed by atoms with Crippen LogP contribution in [-0.2, 0) is 13.0 Å². The van der Waals surface area contributed by atoms with Gasteiger partial charge in [0.25, 0.3) is 0 Å². The first-order chi connectivity index (χ1) is 10.7. The van der Waals surface area contributed by atoms with Gasteiger partial charge < -0.3 is 10.6 Å². The molecular weight excluding hydrogens is 268 g/mol. The first-order valence-corrected chi connectivity index (χ1v) is 9.26. The first kappa shape index (κ1) is 17.5. The SMILES string of the molecule is CC(C)Cc1ccc(CNCCCNC2CCCCC2)cc1. The molecule has 0 aromatic heterocycles. The van der Waals surface area contributed by atoms with Crippen LogP contribution >= 0.6 is 0 Å². The van der Waals surface area contributed by atoms with Gasteiger partial charge in [-0.3, -0.25) is 0 Å². The van der Waals surface area contributed by atoms with Crippen molar-refractivity contribution in [2.75, 3.05) is 13.1 Å². The highest BCUT2D eigenvalue weighted by Gasteiger charge is 2.11. The largest absolute Gasteiger partial charge is 0.314 e. The summed E-state index contributed by atoms with van der Waals surface area (Å²) in [5.74, 6) is 0.737. The minimum Gasteiger partial charge on any atom is -0.314 e. The molecule has 2 rings (SSSR count). The molecule has 1 aromatic carbocycles. The molecule has 0 radical (unpaired) electrons. The van der Waals surface area contributed by atoms with Crippen LogP contribution in [0.2, 0.25) is 0 Å². The highest BCUT2D eigenvalue weighted by Crippen LogP contribution is 2.17. The van der Waals surface area contributed by atoms with Gasteiger partial charge in [0, 0.05) is 12.6 Å². The van der Waals surface area contributed by atoms with E-state index in [4.69, 9.17) is 0 Å². The van der Waals surface area contributed by atoms with E-state index < -0.39 is 0 Å². The van der Waals surface area contributed by atoms with E-state index in [1.165, 1.54) is 56.1 Å². The van der Waals surface area contributed by atoms with E-state index in [9.17, 15) is 0 Å². The van der Waals surface area contributed by atoms with E-state index in [-0.39, 0.29) is 0 Å². The van der Waals surface area contributed by atoms with E-state index in [0.717, 1.165) is 31.6 Å². The number of nitrogens with one attached hydrogen (secondary N) is 2. The molecule has 0 amide bonds. The van der Waals surface area contributed by atoms with Crippen LogP contribution in [0, 0.1) is 5.92 Å². The zero-order valence-electron chi connectivity index (χ0n) is 14.5. The molecule has 2 heteroatoms. The molecular formula is C20H34N2. The van der Waals surface area contributed by atoms with E-state index >= 15 is 0 Å². The van der Waals surface area contributed by atoms with Crippen LogP contribution in [0.4, 0.5) is 0 Å². The lowest BCUT2D eigenvalue weighted by Gasteiger charge is -2.22. The summed E-state index contributed by atoms with van der Waals surface area (Å²) in [5, 5.41) is 7.27. The summed E-state index contributed by atoms with van der Waals surface area (Å²) in [6.07, 6.45) is 9.45. The quantitative estimate of drug-likeness (QED) is 0.665. The molecule has 0 heterocycles. The molecule has 0 unspecified atom stereocenters. The van der Waals surface area contributed by atoms with E-state index in [1.807, 2.05) is 0 Å². The van der Waals surface area contributed by atoms with Crippen molar-refractivity contribution in [2.45, 2.75) is 71.4 Å². The minimum absolute atomic E-state index is 0.737. The van der Waals surface area contributed by atoms with Gasteiger partial charge in [0.1, 0.15) is 0 Å². The maximum Gasteiger partial charge on any atom is 0.0205 e. The van der Waals surface area contributed by atoms with Crippen LogP contribution in [0.3, 0.4) is 0 Å². The van der Waals surface area contributed by atoms with Crippen molar-refractivity contribution in [1.82, 2.24) is 10.6 Å². The van der Waals surface area contributed by atoms with Crippen molar-refractivity contribution in [3.8, 4) is 0 Å². The number of hydrogen-bond acceptors (Lipinski definition) is 2. The molecule has 1 aromatic rings. The van der Waals surface area contributed by atoms with Crippen molar-refractivity contribution in [2.24, 2.45) is 5.92 Å². The molecule has 0 saturated heterocycles. The van der Waals surface area contributed by atoms with Gasteiger partial charge in [0.15, 0.2) is 0 Å². The van der Waals surface area contributed by atoms with Gasteiger partial charge in [0.05, 0.1) is 0 Å². The molecule has 1 aliphatic carbocycles. The molecule has 0 spiro atoms. The van der Waals surface area contributed by atoms with Crippen molar-refractivity contribution in [3.63, 3.8) is 0 Å². The molecule has 0 aliphatic heterocycles. The standard InChI is InChI=1S/C20H34N2/c1-17(2)15-18-9-11-19(12-10-18)16-21-13-6-14-22-20-7-4-3-5-8-20/h9-12,17,20-22H,3-8,13-16H2,1-2H3. The Balaban J connectivity index is 1.52. The highest BCUT2D eigenvalue weighted by molar-refractivity contribution is 5.22. The third-order valence-electron chi connectivity index (χ3n) is 4.56. The molecule has 0 bridgehead atoms. The Morgan fingerprint density at radius 1 is 0.955 bits per heavy atom. The summed E-state index contributed by atoms with van der Waals surface area (Å²) < 4.78 is 0. The fraction of sp³-hybridized carbons (Fsp3) is 0.700. The Hall–Kier alpha value is -0.860. The minimum atomic E-state index is 0.737. The van der Waals surface area contributed by atoms with Gasteiger partial charge in [-0.15, -0.1) is 0 Å². The van der Waals surface area contributed by atoms with Crippen molar-refractivity contribution in [3.05, 3.63) is 35.4 Å². The predicted octanol–water partition coefficient (Wildman–Crippen LogP) is 4.29. The van der Waals surface area contributed by atoms with Gasteiger partial charge >= 0.3 is 0 Å². The third kappa shape index (κ3) is 6.93. The van der Waals surface area contributed by atoms with Crippen LogP contribution < -0.4 is 10.6 Å². The van der Waals surface area contributed by atoms with Crippen LogP contribution in [0.25, 0.3) is 0 Å². The Bertz CT molecular complexity index is 391. The van der Waals surface area contributed by atoms with Gasteiger partial charge in [-0.05, 0) is 55.8 Å². The number of rotatable bonds is 9. The average molecular weight is 303 g/mol. The van der Waals surface area contributed by atoms with Crippen LogP contribution in [0.5, 0.6) is 0 Å². The second kappa shape index (κ2) is 10.0. The Kier molecular flexibility index (Phi) is 7.96. The second-order valence-electron chi connectivity index (χ2n) is 7.23. The lowest BCUT2D eigenvalue weighted by Crippen LogP contribution is -2.33. The van der Waals surface area contributed by atoms with Gasteiger partial charge in [0.2, 0.25) is 0 Å². The second-order valence-corrected chi connectivity index (χ2v) is 7.23. The van der Waals surface area contributed by atoms with Crippen LogP contribution in [-0.4, -0.2) is 19.1 Å². The Morgan fingerprint density at radius 2 is 1.64 bits per heavy atom. The molecule has 2 N–H and O–H groups in total. The van der Waals surface area contributed by atoms with Crippen LogP contribution in [0.15, 0.2) is 24.3 Å². The first-order valence-electron chi connectivity index (χ1n) is 9.26. The zero-order chi connectivity index (χ0) is 15.6. The van der Waals surface area contributed by atoms with Crippen molar-refractivity contribution >= 4 is 0 Å². The fourth-order valence-corrected chi connectivity index (χ4v) is 3.32. The van der Waals surface area contributed by atoms with E-state index in [0.29, 0.717) is 0 Å². The Labute approximate surface area is 137 Å². The van der Waals surface area contributed by atoms with Gasteiger partial charge in [-0.2, -0.15) is 0 Å². The molecule has 1 fully saturated rings. The zero-order valence-corrected chi connectivity index (χ0v) is 14.5. The highest BCUT2D eigenvalue weighted by atomic mass is 14.9. The molecule has 2 nitrogen and oxygen atoms in total. The summed E-state index contributed by atoms with van der Waals surface area (Å²) in [4.78, 5) is 0. The monoisotopic (exact) mass is 302 g/mol. The predicted molar refractivity (Wildman–Crippen MR) is 96.2 cm³/mol. The average Bonchev–Trinajstić information content (AvgIpc) is 2.53. The summed E-state index contributed by atoms with van der Waals surface area (Å²) >= 11 is 0. The number of benzene rings is 1. The van der Waals surface area contributed by atoms with Crippen molar-refractivity contribution < 1.29 is 0 Å². The van der Waals surface area contributed by atoms with Gasteiger partial charge in [-0.25, -0.2) is 0 Å². The molecule has 1 aliphatic rings. The molecule has 0 atom stereocenters. The third-order valence-corrected chi connectivity index (χ3v) is 4.56. The summed E-state index contributed by atoms with van der Waals surface area (Å²) in [6, 6.07) is 9.89. The molecule has 1 saturated carbocycles. The van der Waals surface area contributed by atoms with Crippen molar-refractivity contribution in [1.29, 1.82) is 0 Å². The lowest BCUT2D eigenvalue weighted by atomic mass is 9.95. The topological polar surface area (TPSA) is 24.1 Å². The van der Waals surface area contributed by atoms with Crippen LogP contribution in [0.1, 0.15) is 63.5 Å². The summed E-state index contributed by atoms with van der Waals surface area (Å²) in [7, 11) is 0. The molecule has 124 valence electrons. The maximum atomic E-state index is 3.71. The molecule has 22 heavy (non-hydrogen) atoms. The summed E-state index contributed by atoms with van der Waals surface area (Å²) in [6.45, 7) is 7.80. The maximum absolute atomic E-state index is 3.71. The smallest absolute Gasteiger partial charge is 0.0205 e. The van der Waals surface area contributed by atoms with E-state index in [2.05, 4.69) is 48.7 Å². The fourth-order valence-electron chi connectivity index (χ4n) is 3.32. The Morgan fingerprint density at radius 3 is 2.32 bits per heavy atom.